The summed E-state index contributed by atoms with van der Waals surface area (Å²) >= 11 is 0. The fourth-order valence-corrected chi connectivity index (χ4v) is 4.36. The number of aliphatic carboxylic acids is 3. The number of carboxylic acids is 3. The lowest BCUT2D eigenvalue weighted by Crippen LogP contribution is -2.62. The van der Waals surface area contributed by atoms with Gasteiger partial charge >= 0.3 is 23.9 Å². The number of aliphatic hydroxyl groups is 4. The smallest absolute Gasteiger partial charge is 0.340 e. The van der Waals surface area contributed by atoms with Crippen molar-refractivity contribution in [1.82, 2.24) is 0 Å². The molecule has 8 unspecified atom stereocenters. The van der Waals surface area contributed by atoms with Gasteiger partial charge in [0.25, 0.3) is 0 Å². The van der Waals surface area contributed by atoms with Crippen molar-refractivity contribution in [3.63, 3.8) is 0 Å². The van der Waals surface area contributed by atoms with Crippen LogP contribution in [0.2, 0.25) is 0 Å². The third-order valence-corrected chi connectivity index (χ3v) is 6.57. The minimum absolute atomic E-state index is 0.899. The minimum Gasteiger partial charge on any atom is -0.479 e. The number of rotatable bonds is 12. The monoisotopic (exact) mass is 708 g/mol. The van der Waals surface area contributed by atoms with Crippen LogP contribution in [0.5, 0.6) is 0 Å². The Kier molecular flexibility index (Phi) is 12.9. The van der Waals surface area contributed by atoms with E-state index < -0.39 is 124 Å². The number of carbonyl (C=O) groups is 4. The van der Waals surface area contributed by atoms with Crippen LogP contribution in [-0.4, -0.2) is 181 Å². The summed E-state index contributed by atoms with van der Waals surface area (Å²) in [5, 5.41) is 69.7. The highest BCUT2D eigenvalue weighted by molar-refractivity contribution is 5.75. The maximum absolute atomic E-state index is 12.5. The molecule has 4 aliphatic heterocycles. The quantitative estimate of drug-likeness (QED) is 0.0929. The number of esters is 1. The van der Waals surface area contributed by atoms with Gasteiger partial charge in [-0.05, 0) is 0 Å². The van der Waals surface area contributed by atoms with Gasteiger partial charge in [-0.2, -0.15) is 0 Å². The number of methoxy groups -OCH3 is 3. The van der Waals surface area contributed by atoms with Gasteiger partial charge in [-0.15, -0.1) is 0 Å². The third-order valence-electron chi connectivity index (χ3n) is 6.57. The number of aliphatic hydroxyl groups excluding tert-OH is 4. The first-order chi connectivity index (χ1) is 22.7. The summed E-state index contributed by atoms with van der Waals surface area (Å²) in [5.41, 5.74) is 0. The molecule has 4 rings (SSSR count). The number of ether oxygens (including phenoxy) is 14. The van der Waals surface area contributed by atoms with Gasteiger partial charge in [0.1, 0.15) is 0 Å². The molecule has 0 aliphatic carbocycles. The van der Waals surface area contributed by atoms with E-state index in [0.717, 1.165) is 21.3 Å². The molecule has 274 valence electrons. The molecule has 0 spiro atoms. The molecule has 4 saturated heterocycles. The van der Waals surface area contributed by atoms with Crippen LogP contribution < -0.4 is 0 Å². The fourth-order valence-electron chi connectivity index (χ4n) is 4.36. The topological polar surface area (TPSA) is 339 Å². The Balaban J connectivity index is 1.44. The third kappa shape index (κ3) is 8.49. The van der Waals surface area contributed by atoms with E-state index in [1.165, 1.54) is 0 Å². The van der Waals surface area contributed by atoms with E-state index in [2.05, 4.69) is 4.74 Å². The second-order valence-corrected chi connectivity index (χ2v) is 9.70. The van der Waals surface area contributed by atoms with Crippen molar-refractivity contribution < 1.29 is 121 Å². The molecule has 25 heteroatoms. The van der Waals surface area contributed by atoms with E-state index in [1.54, 1.807) is 0 Å². The Morgan fingerprint density at radius 2 is 0.708 bits per heavy atom. The van der Waals surface area contributed by atoms with Crippen LogP contribution in [-0.2, 0) is 85.5 Å². The molecule has 4 heterocycles. The summed E-state index contributed by atoms with van der Waals surface area (Å²) in [4.78, 5) is 47.7. The second kappa shape index (κ2) is 16.3. The molecule has 0 bridgehead atoms. The Morgan fingerprint density at radius 3 is 1.06 bits per heavy atom. The number of hydrogen-bond donors (Lipinski definition) is 7. The van der Waals surface area contributed by atoms with E-state index >= 15 is 0 Å². The van der Waals surface area contributed by atoms with E-state index in [4.69, 9.17) is 61.6 Å². The molecular weight excluding hydrogens is 676 g/mol. The summed E-state index contributed by atoms with van der Waals surface area (Å²) in [6, 6.07) is 0. The summed E-state index contributed by atoms with van der Waals surface area (Å²) in [7, 11) is 3.04. The number of carbonyl (C=O) groups excluding carboxylic acids is 1. The van der Waals surface area contributed by atoms with Crippen molar-refractivity contribution in [2.45, 2.75) is 99.9 Å². The average molecular weight is 708 g/mol. The van der Waals surface area contributed by atoms with Gasteiger partial charge in [-0.3, -0.25) is 0 Å². The molecule has 0 aromatic heterocycles. The van der Waals surface area contributed by atoms with Crippen molar-refractivity contribution in [2.24, 2.45) is 0 Å². The molecule has 4 fully saturated rings. The number of hydrogen-bond acceptors (Lipinski definition) is 22. The summed E-state index contributed by atoms with van der Waals surface area (Å²) < 4.78 is 70.9. The Morgan fingerprint density at radius 1 is 0.417 bits per heavy atom. The maximum atomic E-state index is 12.5. The van der Waals surface area contributed by atoms with Gasteiger partial charge in [0.2, 0.25) is 93.6 Å². The van der Waals surface area contributed by atoms with Gasteiger partial charge in [-0.1, -0.05) is 0 Å². The molecule has 0 saturated carbocycles. The zero-order chi connectivity index (χ0) is 35.4. The predicted octanol–water partition coefficient (Wildman–Crippen LogP) is -5.70. The minimum atomic E-state index is -2.28. The average Bonchev–Trinajstić information content (AvgIpc) is 3.03. The molecule has 0 aromatic rings. The van der Waals surface area contributed by atoms with Crippen molar-refractivity contribution in [1.29, 1.82) is 0 Å². The van der Waals surface area contributed by atoms with Crippen LogP contribution in [0.3, 0.4) is 0 Å². The van der Waals surface area contributed by atoms with E-state index in [1.807, 2.05) is 0 Å². The van der Waals surface area contributed by atoms with Gasteiger partial charge in [0.15, 0.2) is 6.29 Å². The van der Waals surface area contributed by atoms with Crippen LogP contribution in [0.4, 0.5) is 0 Å². The molecule has 16 atom stereocenters. The fraction of sp³-hybridized carbons (Fsp3) is 0.826. The van der Waals surface area contributed by atoms with Crippen molar-refractivity contribution >= 4 is 23.9 Å². The predicted molar refractivity (Wildman–Crippen MR) is 130 cm³/mol. The lowest BCUT2D eigenvalue weighted by Gasteiger charge is -2.44. The summed E-state index contributed by atoms with van der Waals surface area (Å²) in [6.07, 6.45) is -32.0. The zero-order valence-electron chi connectivity index (χ0n) is 24.7. The first-order valence-corrected chi connectivity index (χ1v) is 13.4. The highest BCUT2D eigenvalue weighted by Gasteiger charge is 2.53. The van der Waals surface area contributed by atoms with Crippen LogP contribution >= 0.6 is 0 Å². The molecule has 0 aromatic carbocycles. The van der Waals surface area contributed by atoms with Gasteiger partial charge in [-0.25, -0.2) is 19.2 Å². The standard InChI is InChI=1S/C23H32O25/c1-35-11(30)7-19(45-15(34)23(41-7)47-17-5(9(26)27)38-20(37-3)12(31)43-17)48-22-14(33)44-18(6(40-22)10(28)29)46-21-13(32)42-16(36-2)4(39-21)8(24)25/h4-7,12-23,31-34H,1-3H3,(H,24,25)(H,26,27)(H,28,29)/t4?,5?,6?,7?,12?,13?,14?,15?,16-,17+,18+,19+,20+,21-,22-,23-/m1/s1. The second-order valence-electron chi connectivity index (χ2n) is 9.70. The summed E-state index contributed by atoms with van der Waals surface area (Å²) in [5.74, 6) is -6.32. The van der Waals surface area contributed by atoms with Crippen molar-refractivity contribution in [2.75, 3.05) is 21.3 Å². The van der Waals surface area contributed by atoms with E-state index in [0.29, 0.717) is 0 Å². The molecular formula is C23H32O25. The normalized spacial score (nSPS) is 43.6. The lowest BCUT2D eigenvalue weighted by molar-refractivity contribution is -0.471. The molecule has 0 radical (unpaired) electrons. The zero-order valence-corrected chi connectivity index (χ0v) is 24.7. The number of carboxylic acid groups (broad SMARTS) is 3. The Labute approximate surface area is 267 Å². The van der Waals surface area contributed by atoms with Crippen molar-refractivity contribution in [3.8, 4) is 0 Å². The van der Waals surface area contributed by atoms with Crippen LogP contribution in [0.15, 0.2) is 0 Å². The first kappa shape index (κ1) is 38.0. The highest BCUT2D eigenvalue weighted by atomic mass is 16.9. The van der Waals surface area contributed by atoms with Gasteiger partial charge in [0.05, 0.1) is 7.11 Å². The SMILES string of the molecule is COC(=O)C1O[C@H](O[C@@H]2OC(O)[C@@H](OC)OC2C(=O)O)C(O)O[C@H]1O[C@H]1OC(C(=O)O)[C@H](O[C@H]2OC(C(=O)O)[C@H](OC)OC2O)OC1O. The first-order valence-electron chi connectivity index (χ1n) is 13.4. The molecule has 4 aliphatic rings. The van der Waals surface area contributed by atoms with Crippen molar-refractivity contribution in [3.05, 3.63) is 0 Å². The van der Waals surface area contributed by atoms with E-state index in [9.17, 15) is 54.9 Å². The van der Waals surface area contributed by atoms with Gasteiger partial charge in [0, 0.05) is 14.2 Å². The molecule has 7 N–H and O–H groups in total. The van der Waals surface area contributed by atoms with Crippen LogP contribution in [0.25, 0.3) is 0 Å². The molecule has 48 heavy (non-hydrogen) atoms. The van der Waals surface area contributed by atoms with Crippen LogP contribution in [0, 0.1) is 0 Å². The Hall–Kier alpha value is -2.80. The van der Waals surface area contributed by atoms with E-state index in [-0.39, 0.29) is 0 Å². The van der Waals surface area contributed by atoms with Gasteiger partial charge < -0.3 is 102 Å². The molecule has 0 amide bonds. The molecule has 25 nitrogen and oxygen atoms in total. The Bertz CT molecular complexity index is 1140. The largest absolute Gasteiger partial charge is 0.479 e. The van der Waals surface area contributed by atoms with Crippen LogP contribution in [0.1, 0.15) is 0 Å². The highest BCUT2D eigenvalue weighted by Crippen LogP contribution is 2.32. The maximum Gasteiger partial charge on any atom is 0.340 e. The summed E-state index contributed by atoms with van der Waals surface area (Å²) in [6.45, 7) is 0. The lowest BCUT2D eigenvalue weighted by atomic mass is 10.2.